The Morgan fingerprint density at radius 3 is 2.06 bits per heavy atom. The fourth-order valence-corrected chi connectivity index (χ4v) is 6.21. The predicted molar refractivity (Wildman–Crippen MR) is 176 cm³/mol. The van der Waals surface area contributed by atoms with Gasteiger partial charge in [-0.3, -0.25) is 24.0 Å². The van der Waals surface area contributed by atoms with Crippen molar-refractivity contribution in [3.05, 3.63) is 83.9 Å². The first-order chi connectivity index (χ1) is 23.1. The number of carbonyl (C=O) groups is 5. The second kappa shape index (κ2) is 15.6. The number of nitrogens with zero attached hydrogens (tertiary/aromatic N) is 2. The first-order valence-corrected chi connectivity index (χ1v) is 16.4. The number of nitrogens with one attached hydrogen (secondary N) is 5. The molecule has 0 bridgehead atoms. The molecule has 13 nitrogen and oxygen atoms in total. The van der Waals surface area contributed by atoms with Crippen molar-refractivity contribution in [2.75, 3.05) is 6.54 Å². The van der Waals surface area contributed by atoms with Gasteiger partial charge in [-0.05, 0) is 42.0 Å². The summed E-state index contributed by atoms with van der Waals surface area (Å²) in [6.07, 6.45) is 4.84. The average molecular weight is 658 g/mol. The fourth-order valence-electron chi connectivity index (χ4n) is 6.21. The number of fused-ring (bicyclic) bond motifs is 1. The second-order valence-electron chi connectivity index (χ2n) is 12.6. The number of hydrogen-bond acceptors (Lipinski definition) is 7. The number of phenolic OH excluding ortho intramolecular Hbond substituents is 1. The lowest BCUT2D eigenvalue weighted by Crippen LogP contribution is -2.60. The van der Waals surface area contributed by atoms with Gasteiger partial charge in [0.15, 0.2) is 0 Å². The number of hydrogen-bond donors (Lipinski definition) is 6. The Morgan fingerprint density at radius 2 is 1.42 bits per heavy atom. The molecular formula is C35H43N7O6. The van der Waals surface area contributed by atoms with E-state index in [-0.39, 0.29) is 30.9 Å². The largest absolute Gasteiger partial charge is 0.508 e. The van der Waals surface area contributed by atoms with Crippen molar-refractivity contribution >= 4 is 29.5 Å². The summed E-state index contributed by atoms with van der Waals surface area (Å²) >= 11 is 0. The number of aromatic amines is 1. The zero-order valence-electron chi connectivity index (χ0n) is 27.1. The van der Waals surface area contributed by atoms with Gasteiger partial charge >= 0.3 is 0 Å². The fraction of sp³-hybridized carbons (Fsp3) is 0.429. The van der Waals surface area contributed by atoms with Gasteiger partial charge in [0.2, 0.25) is 29.5 Å². The minimum absolute atomic E-state index is 0.0497. The third-order valence-corrected chi connectivity index (χ3v) is 9.15. The summed E-state index contributed by atoms with van der Waals surface area (Å²) in [6, 6.07) is 10.3. The number of H-pyrrole nitrogens is 1. The first kappa shape index (κ1) is 34.1. The van der Waals surface area contributed by atoms with Crippen LogP contribution in [0.15, 0.2) is 67.1 Å². The van der Waals surface area contributed by atoms with Gasteiger partial charge in [-0.1, -0.05) is 62.7 Å². The predicted octanol–water partition coefficient (Wildman–Crippen LogP) is 1.13. The maximum absolute atomic E-state index is 14.1. The van der Waals surface area contributed by atoms with Crippen LogP contribution in [0.25, 0.3) is 0 Å². The summed E-state index contributed by atoms with van der Waals surface area (Å²) in [4.78, 5) is 78.4. The molecule has 2 fully saturated rings. The second-order valence-corrected chi connectivity index (χ2v) is 12.6. The molecule has 0 saturated carbocycles. The van der Waals surface area contributed by atoms with Crippen molar-refractivity contribution in [1.29, 1.82) is 0 Å². The van der Waals surface area contributed by atoms with Crippen LogP contribution >= 0.6 is 0 Å². The number of carbonyl (C=O) groups excluding carboxylic acids is 5. The summed E-state index contributed by atoms with van der Waals surface area (Å²) in [5, 5.41) is 21.2. The number of phenols is 1. The first-order valence-electron chi connectivity index (χ1n) is 16.4. The molecule has 2 aromatic carbocycles. The molecule has 6 atom stereocenters. The van der Waals surface area contributed by atoms with Crippen LogP contribution in [-0.2, 0) is 43.2 Å². The van der Waals surface area contributed by atoms with Gasteiger partial charge in [0.1, 0.15) is 36.0 Å². The Hall–Kier alpha value is -5.20. The minimum atomic E-state index is -1.13. The molecule has 2 aliphatic rings. The zero-order valence-corrected chi connectivity index (χ0v) is 27.1. The Kier molecular flexibility index (Phi) is 11.1. The van der Waals surface area contributed by atoms with Crippen molar-refractivity contribution in [2.45, 2.75) is 82.6 Å². The van der Waals surface area contributed by atoms with E-state index >= 15 is 0 Å². The Bertz CT molecular complexity index is 1580. The van der Waals surface area contributed by atoms with E-state index in [1.165, 1.54) is 23.4 Å². The zero-order chi connectivity index (χ0) is 34.2. The number of amides is 5. The molecule has 254 valence electrons. The quantitative estimate of drug-likeness (QED) is 0.210. The summed E-state index contributed by atoms with van der Waals surface area (Å²) in [5.41, 5.74) is 2.06. The Balaban J connectivity index is 1.54. The summed E-state index contributed by atoms with van der Waals surface area (Å²) in [5.74, 6) is -2.95. The number of benzene rings is 2. The lowest BCUT2D eigenvalue weighted by molar-refractivity contribution is -0.142. The maximum atomic E-state index is 14.1. The smallest absolute Gasteiger partial charge is 0.246 e. The van der Waals surface area contributed by atoms with Gasteiger partial charge < -0.3 is 36.3 Å². The molecule has 0 radical (unpaired) electrons. The van der Waals surface area contributed by atoms with Crippen LogP contribution in [-0.4, -0.2) is 86.3 Å². The van der Waals surface area contributed by atoms with Crippen molar-refractivity contribution < 1.29 is 29.1 Å². The van der Waals surface area contributed by atoms with Crippen LogP contribution in [0, 0.1) is 5.92 Å². The van der Waals surface area contributed by atoms with Crippen LogP contribution < -0.4 is 21.3 Å². The van der Waals surface area contributed by atoms with Gasteiger partial charge in [0.05, 0.1) is 6.33 Å². The highest BCUT2D eigenvalue weighted by atomic mass is 16.3. The van der Waals surface area contributed by atoms with Gasteiger partial charge in [-0.25, -0.2) is 4.98 Å². The van der Waals surface area contributed by atoms with Crippen LogP contribution in [0.1, 0.15) is 49.9 Å². The summed E-state index contributed by atoms with van der Waals surface area (Å²) in [6.45, 7) is 4.03. The average Bonchev–Trinajstić information content (AvgIpc) is 3.79. The molecule has 2 saturated heterocycles. The highest BCUT2D eigenvalue weighted by Crippen LogP contribution is 2.21. The topological polar surface area (TPSA) is 186 Å². The van der Waals surface area contributed by atoms with Crippen molar-refractivity contribution in [2.24, 2.45) is 5.92 Å². The van der Waals surface area contributed by atoms with E-state index in [2.05, 4.69) is 31.2 Å². The van der Waals surface area contributed by atoms with E-state index in [1.54, 1.807) is 18.3 Å². The van der Waals surface area contributed by atoms with E-state index in [0.717, 1.165) is 5.56 Å². The molecule has 6 N–H and O–H groups in total. The molecule has 5 rings (SSSR count). The molecular weight excluding hydrogens is 614 g/mol. The number of aromatic hydroxyl groups is 1. The molecule has 13 heteroatoms. The van der Waals surface area contributed by atoms with Gasteiger partial charge in [0.25, 0.3) is 0 Å². The molecule has 0 spiro atoms. The number of imidazole rings is 1. The van der Waals surface area contributed by atoms with Crippen LogP contribution in [0.4, 0.5) is 0 Å². The van der Waals surface area contributed by atoms with Crippen molar-refractivity contribution in [3.8, 4) is 5.75 Å². The molecule has 48 heavy (non-hydrogen) atoms. The summed E-state index contributed by atoms with van der Waals surface area (Å²) < 4.78 is 0. The monoisotopic (exact) mass is 657 g/mol. The van der Waals surface area contributed by atoms with Crippen LogP contribution in [0.2, 0.25) is 0 Å². The Morgan fingerprint density at radius 1 is 0.792 bits per heavy atom. The van der Waals surface area contributed by atoms with E-state index in [9.17, 15) is 29.1 Å². The SMILES string of the molecule is CC[C@H](C)[C@@H]1NC(=O)[C@H](Cc2ccc(O)cc2)NC(=O)[C@H](Cc2ccccc2)NC(=O)[C@@H]2CCCN2C(=O)[C@H](Cc2cnc[nH]2)NC1=O. The lowest BCUT2D eigenvalue weighted by atomic mass is 9.96. The highest BCUT2D eigenvalue weighted by molar-refractivity contribution is 5.98. The molecule has 0 unspecified atom stereocenters. The third-order valence-electron chi connectivity index (χ3n) is 9.15. The standard InChI is InChI=1S/C35H43N7O6/c1-3-21(2)30-34(47)40-28(18-24-19-36-20-37-24)35(48)42-15-7-10-29(42)33(46)39-26(16-22-8-5-4-6-9-22)31(44)38-27(32(45)41-30)17-23-11-13-25(43)14-12-23/h4-6,8-9,11-14,19-21,26-30,43H,3,7,10,15-18H2,1-2H3,(H,36,37)(H,38,44)(H,39,46)(H,40,47)(H,41,45)/t21-,26-,27-,28-,29-,30-/m0/s1. The van der Waals surface area contributed by atoms with Crippen molar-refractivity contribution in [3.63, 3.8) is 0 Å². The number of aromatic nitrogens is 2. The normalized spacial score (nSPS) is 24.8. The van der Waals surface area contributed by atoms with E-state index in [4.69, 9.17) is 0 Å². The Labute approximate surface area is 279 Å². The third kappa shape index (κ3) is 8.38. The van der Waals surface area contributed by atoms with Gasteiger partial charge in [-0.15, -0.1) is 0 Å². The van der Waals surface area contributed by atoms with E-state index in [0.29, 0.717) is 37.1 Å². The molecule has 3 heterocycles. The van der Waals surface area contributed by atoms with Crippen LogP contribution in [0.5, 0.6) is 5.75 Å². The number of rotatable bonds is 8. The highest BCUT2D eigenvalue weighted by Gasteiger charge is 2.41. The molecule has 2 aliphatic heterocycles. The maximum Gasteiger partial charge on any atom is 0.246 e. The summed E-state index contributed by atoms with van der Waals surface area (Å²) in [7, 11) is 0. The molecule has 5 amide bonds. The molecule has 3 aromatic rings. The van der Waals surface area contributed by atoms with Crippen molar-refractivity contribution in [1.82, 2.24) is 36.1 Å². The minimum Gasteiger partial charge on any atom is -0.508 e. The molecule has 1 aromatic heterocycles. The van der Waals surface area contributed by atoms with Gasteiger partial charge in [0, 0.05) is 37.7 Å². The van der Waals surface area contributed by atoms with E-state index in [1.807, 2.05) is 44.2 Å². The lowest BCUT2D eigenvalue weighted by Gasteiger charge is -2.31. The molecule has 0 aliphatic carbocycles. The van der Waals surface area contributed by atoms with E-state index < -0.39 is 59.7 Å². The van der Waals surface area contributed by atoms with Crippen LogP contribution in [0.3, 0.4) is 0 Å². The van der Waals surface area contributed by atoms with Gasteiger partial charge in [-0.2, -0.15) is 0 Å².